The SMILES string of the molecule is CCCC1(C(=O)NC(C)c2nc(C(=O)O)cs2)CCCN1. The molecule has 1 aliphatic rings. The molecule has 6 nitrogen and oxygen atoms in total. The van der Waals surface area contributed by atoms with Crippen molar-refractivity contribution in [2.75, 3.05) is 6.54 Å². The first kappa shape index (κ1) is 15.9. The lowest BCUT2D eigenvalue weighted by molar-refractivity contribution is -0.128. The van der Waals surface area contributed by atoms with Crippen LogP contribution < -0.4 is 10.6 Å². The van der Waals surface area contributed by atoms with Crippen molar-refractivity contribution in [3.8, 4) is 0 Å². The van der Waals surface area contributed by atoms with Crippen molar-refractivity contribution in [3.05, 3.63) is 16.1 Å². The van der Waals surface area contributed by atoms with E-state index in [0.29, 0.717) is 5.01 Å². The Hall–Kier alpha value is -1.47. The quantitative estimate of drug-likeness (QED) is 0.747. The zero-order chi connectivity index (χ0) is 15.5. The maximum absolute atomic E-state index is 12.6. The summed E-state index contributed by atoms with van der Waals surface area (Å²) in [6.07, 6.45) is 3.60. The summed E-state index contributed by atoms with van der Waals surface area (Å²) in [5.74, 6) is -1.06. The number of amides is 1. The van der Waals surface area contributed by atoms with E-state index in [0.717, 1.165) is 32.2 Å². The molecule has 1 amide bonds. The van der Waals surface area contributed by atoms with Crippen LogP contribution >= 0.6 is 11.3 Å². The number of carbonyl (C=O) groups excluding carboxylic acids is 1. The Labute approximate surface area is 128 Å². The van der Waals surface area contributed by atoms with E-state index < -0.39 is 11.5 Å². The number of thiazole rings is 1. The van der Waals surface area contributed by atoms with Crippen molar-refractivity contribution in [1.29, 1.82) is 0 Å². The van der Waals surface area contributed by atoms with Crippen molar-refractivity contribution in [3.63, 3.8) is 0 Å². The van der Waals surface area contributed by atoms with Gasteiger partial charge in [0.2, 0.25) is 5.91 Å². The van der Waals surface area contributed by atoms with Crippen LogP contribution in [-0.4, -0.2) is 34.1 Å². The van der Waals surface area contributed by atoms with E-state index in [1.54, 1.807) is 0 Å². The molecule has 1 saturated heterocycles. The molecule has 0 radical (unpaired) electrons. The number of nitrogens with one attached hydrogen (secondary N) is 2. The standard InChI is InChI=1S/C14H21N3O3S/c1-3-5-14(6-4-7-15-14)13(20)16-9(2)11-17-10(8-21-11)12(18)19/h8-9,15H,3-7H2,1-2H3,(H,16,20)(H,18,19). The zero-order valence-corrected chi connectivity index (χ0v) is 13.1. The first-order valence-electron chi connectivity index (χ1n) is 7.23. The van der Waals surface area contributed by atoms with Crippen molar-refractivity contribution < 1.29 is 14.7 Å². The molecule has 116 valence electrons. The maximum atomic E-state index is 12.6. The van der Waals surface area contributed by atoms with Crippen molar-refractivity contribution in [2.45, 2.75) is 51.1 Å². The maximum Gasteiger partial charge on any atom is 0.355 e. The molecule has 2 unspecified atom stereocenters. The largest absolute Gasteiger partial charge is 0.476 e. The van der Waals surface area contributed by atoms with Gasteiger partial charge in [0.05, 0.1) is 11.6 Å². The molecule has 7 heteroatoms. The topological polar surface area (TPSA) is 91.3 Å². The van der Waals surface area contributed by atoms with Crippen LogP contribution in [0.4, 0.5) is 0 Å². The van der Waals surface area contributed by atoms with Crippen molar-refractivity contribution in [1.82, 2.24) is 15.6 Å². The van der Waals surface area contributed by atoms with Gasteiger partial charge < -0.3 is 15.7 Å². The van der Waals surface area contributed by atoms with E-state index in [1.165, 1.54) is 16.7 Å². The second-order valence-electron chi connectivity index (χ2n) is 5.43. The van der Waals surface area contributed by atoms with Crippen molar-refractivity contribution >= 4 is 23.2 Å². The van der Waals surface area contributed by atoms with Gasteiger partial charge in [0, 0.05) is 5.38 Å². The van der Waals surface area contributed by atoms with Crippen LogP contribution in [0.15, 0.2) is 5.38 Å². The third kappa shape index (κ3) is 3.41. The average molecular weight is 311 g/mol. The van der Waals surface area contributed by atoms with E-state index in [4.69, 9.17) is 5.11 Å². The molecule has 0 aliphatic carbocycles. The van der Waals surface area contributed by atoms with Gasteiger partial charge in [-0.2, -0.15) is 0 Å². The van der Waals surface area contributed by atoms with Crippen LogP contribution in [-0.2, 0) is 4.79 Å². The lowest BCUT2D eigenvalue weighted by Gasteiger charge is -2.29. The molecular weight excluding hydrogens is 290 g/mol. The summed E-state index contributed by atoms with van der Waals surface area (Å²) in [6, 6.07) is -0.285. The summed E-state index contributed by atoms with van der Waals surface area (Å²) in [6.45, 7) is 4.76. The van der Waals surface area contributed by atoms with Gasteiger partial charge in [-0.25, -0.2) is 9.78 Å². The molecule has 1 aromatic rings. The van der Waals surface area contributed by atoms with Crippen LogP contribution in [0.5, 0.6) is 0 Å². The monoisotopic (exact) mass is 311 g/mol. The van der Waals surface area contributed by atoms with Gasteiger partial charge >= 0.3 is 5.97 Å². The van der Waals surface area contributed by atoms with Gasteiger partial charge in [0.25, 0.3) is 0 Å². The number of rotatable bonds is 6. The highest BCUT2D eigenvalue weighted by Crippen LogP contribution is 2.26. The second-order valence-corrected chi connectivity index (χ2v) is 6.32. The van der Waals surface area contributed by atoms with Crippen LogP contribution in [0.1, 0.15) is 61.1 Å². The molecular formula is C14H21N3O3S. The zero-order valence-electron chi connectivity index (χ0n) is 12.3. The second kappa shape index (κ2) is 6.53. The molecule has 1 aliphatic heterocycles. The molecule has 1 fully saturated rings. The predicted molar refractivity (Wildman–Crippen MR) is 80.5 cm³/mol. The Bertz CT molecular complexity index is 523. The number of aromatic carboxylic acids is 1. The Morgan fingerprint density at radius 1 is 1.62 bits per heavy atom. The van der Waals surface area contributed by atoms with E-state index in [2.05, 4.69) is 22.5 Å². The minimum absolute atomic E-state index is 0.0126. The summed E-state index contributed by atoms with van der Waals surface area (Å²) in [5, 5.41) is 17.3. The summed E-state index contributed by atoms with van der Waals surface area (Å²) in [7, 11) is 0. The van der Waals surface area contributed by atoms with E-state index >= 15 is 0 Å². The number of aromatic nitrogens is 1. The van der Waals surface area contributed by atoms with Crippen LogP contribution in [0.3, 0.4) is 0 Å². The highest BCUT2D eigenvalue weighted by Gasteiger charge is 2.40. The molecule has 1 aromatic heterocycles. The minimum Gasteiger partial charge on any atom is -0.476 e. The molecule has 3 N–H and O–H groups in total. The highest BCUT2D eigenvalue weighted by atomic mass is 32.1. The fourth-order valence-electron chi connectivity index (χ4n) is 2.73. The van der Waals surface area contributed by atoms with Gasteiger partial charge in [-0.15, -0.1) is 11.3 Å². The Morgan fingerprint density at radius 3 is 2.90 bits per heavy atom. The van der Waals surface area contributed by atoms with Crippen LogP contribution in [0, 0.1) is 0 Å². The number of carboxylic acid groups (broad SMARTS) is 1. The van der Waals surface area contributed by atoms with Gasteiger partial charge in [0.15, 0.2) is 5.69 Å². The molecule has 2 atom stereocenters. The Balaban J connectivity index is 2.05. The number of hydrogen-bond donors (Lipinski definition) is 3. The molecule has 2 rings (SSSR count). The van der Waals surface area contributed by atoms with Gasteiger partial charge in [0.1, 0.15) is 5.01 Å². The Kier molecular flexibility index (Phi) is 4.95. The predicted octanol–water partition coefficient (Wildman–Crippen LogP) is 1.94. The number of nitrogens with zero attached hydrogens (tertiary/aromatic N) is 1. The number of carboxylic acids is 1. The molecule has 0 spiro atoms. The third-order valence-electron chi connectivity index (χ3n) is 3.81. The number of hydrogen-bond acceptors (Lipinski definition) is 5. The molecule has 2 heterocycles. The summed E-state index contributed by atoms with van der Waals surface area (Å²) in [5.41, 5.74) is -0.450. The van der Waals surface area contributed by atoms with E-state index in [-0.39, 0.29) is 17.6 Å². The highest BCUT2D eigenvalue weighted by molar-refractivity contribution is 7.09. The average Bonchev–Trinajstić information content (AvgIpc) is 3.08. The molecule has 0 saturated carbocycles. The fraction of sp³-hybridized carbons (Fsp3) is 0.643. The molecule has 0 bridgehead atoms. The first-order chi connectivity index (χ1) is 9.98. The summed E-state index contributed by atoms with van der Waals surface area (Å²) >= 11 is 1.26. The van der Waals surface area contributed by atoms with Gasteiger partial charge in [-0.05, 0) is 32.7 Å². The summed E-state index contributed by atoms with van der Waals surface area (Å²) < 4.78 is 0. The van der Waals surface area contributed by atoms with E-state index in [9.17, 15) is 9.59 Å². The van der Waals surface area contributed by atoms with E-state index in [1.807, 2.05) is 6.92 Å². The van der Waals surface area contributed by atoms with Crippen LogP contribution in [0.2, 0.25) is 0 Å². The first-order valence-corrected chi connectivity index (χ1v) is 8.11. The van der Waals surface area contributed by atoms with Gasteiger partial charge in [-0.3, -0.25) is 4.79 Å². The molecule has 0 aromatic carbocycles. The fourth-order valence-corrected chi connectivity index (χ4v) is 3.53. The molecule has 21 heavy (non-hydrogen) atoms. The lowest BCUT2D eigenvalue weighted by atomic mass is 9.90. The van der Waals surface area contributed by atoms with Crippen molar-refractivity contribution in [2.24, 2.45) is 0 Å². The summed E-state index contributed by atoms with van der Waals surface area (Å²) in [4.78, 5) is 27.5. The minimum atomic E-state index is -1.05. The Morgan fingerprint density at radius 2 is 2.38 bits per heavy atom. The van der Waals surface area contributed by atoms with Crippen LogP contribution in [0.25, 0.3) is 0 Å². The number of carbonyl (C=O) groups is 2. The van der Waals surface area contributed by atoms with Gasteiger partial charge in [-0.1, -0.05) is 13.3 Å². The third-order valence-corrected chi connectivity index (χ3v) is 4.84. The smallest absolute Gasteiger partial charge is 0.355 e. The normalized spacial score (nSPS) is 23.0. The lowest BCUT2D eigenvalue weighted by Crippen LogP contribution is -2.53.